The van der Waals surface area contributed by atoms with Crippen molar-refractivity contribution < 1.29 is 9.53 Å². The Labute approximate surface area is 96.8 Å². The van der Waals surface area contributed by atoms with E-state index >= 15 is 0 Å². The Balaban J connectivity index is 3.75. The molecular formula is C11H21N3O2. The summed E-state index contributed by atoms with van der Waals surface area (Å²) in [5.41, 5.74) is 7.65. The first kappa shape index (κ1) is 14.8. The molecule has 0 unspecified atom stereocenters. The molecule has 5 nitrogen and oxygen atoms in total. The summed E-state index contributed by atoms with van der Waals surface area (Å²) in [5.74, 6) is -0.249. The van der Waals surface area contributed by atoms with E-state index in [-0.39, 0.29) is 11.9 Å². The number of carbonyl (C=O) groups excluding carboxylic acids is 1. The van der Waals surface area contributed by atoms with Gasteiger partial charge in [-0.05, 0) is 39.1 Å². The summed E-state index contributed by atoms with van der Waals surface area (Å²) in [4.78, 5) is 14.2. The molecule has 1 atom stereocenters. The predicted octanol–water partition coefficient (Wildman–Crippen LogP) is 3.44. The molecule has 0 aromatic heterocycles. The molecule has 0 saturated heterocycles. The number of hydrogen-bond acceptors (Lipinski definition) is 3. The van der Waals surface area contributed by atoms with Crippen molar-refractivity contribution in [2.24, 2.45) is 11.0 Å². The smallest absolute Gasteiger partial charge is 0.309 e. The molecule has 0 heterocycles. The van der Waals surface area contributed by atoms with E-state index in [1.54, 1.807) is 0 Å². The number of unbranched alkanes of at least 4 members (excludes halogenated alkanes) is 1. The van der Waals surface area contributed by atoms with Gasteiger partial charge < -0.3 is 4.74 Å². The SMILES string of the molecule is C[C@H](CCCCN=[N+]=[N-])C(=O)OC(C)(C)C. The highest BCUT2D eigenvalue weighted by Gasteiger charge is 2.20. The fourth-order valence-corrected chi connectivity index (χ4v) is 1.20. The van der Waals surface area contributed by atoms with Crippen LogP contribution in [-0.2, 0) is 9.53 Å². The van der Waals surface area contributed by atoms with Crippen LogP contribution in [0.15, 0.2) is 5.11 Å². The lowest BCUT2D eigenvalue weighted by Crippen LogP contribution is -2.27. The second-order valence-corrected chi connectivity index (χ2v) is 4.88. The number of esters is 1. The van der Waals surface area contributed by atoms with E-state index in [0.717, 1.165) is 19.3 Å². The number of azide groups is 1. The molecule has 0 rings (SSSR count). The first-order chi connectivity index (χ1) is 7.37. The van der Waals surface area contributed by atoms with Crippen molar-refractivity contribution in [2.75, 3.05) is 6.54 Å². The van der Waals surface area contributed by atoms with Crippen molar-refractivity contribution >= 4 is 5.97 Å². The van der Waals surface area contributed by atoms with Crippen molar-refractivity contribution in [2.45, 2.75) is 52.6 Å². The molecule has 0 fully saturated rings. The molecule has 0 bridgehead atoms. The van der Waals surface area contributed by atoms with Gasteiger partial charge >= 0.3 is 5.97 Å². The van der Waals surface area contributed by atoms with Crippen LogP contribution in [0.4, 0.5) is 0 Å². The molecule has 0 radical (unpaired) electrons. The number of rotatable bonds is 6. The third-order valence-corrected chi connectivity index (χ3v) is 2.02. The molecule has 0 aliphatic carbocycles. The number of hydrogen-bond donors (Lipinski definition) is 0. The Morgan fingerprint density at radius 3 is 2.56 bits per heavy atom. The molecule has 0 aromatic rings. The summed E-state index contributed by atoms with van der Waals surface area (Å²) in [6, 6.07) is 0. The lowest BCUT2D eigenvalue weighted by atomic mass is 10.0. The van der Waals surface area contributed by atoms with E-state index in [1.807, 2.05) is 27.7 Å². The van der Waals surface area contributed by atoms with Gasteiger partial charge in [0.15, 0.2) is 0 Å². The van der Waals surface area contributed by atoms with Crippen molar-refractivity contribution in [3.05, 3.63) is 10.4 Å². The van der Waals surface area contributed by atoms with Crippen molar-refractivity contribution in [1.29, 1.82) is 0 Å². The predicted molar refractivity (Wildman–Crippen MR) is 62.9 cm³/mol. The van der Waals surface area contributed by atoms with Gasteiger partial charge in [-0.3, -0.25) is 4.79 Å². The summed E-state index contributed by atoms with van der Waals surface area (Å²) < 4.78 is 5.26. The first-order valence-corrected chi connectivity index (χ1v) is 5.60. The van der Waals surface area contributed by atoms with Crippen LogP contribution in [0.5, 0.6) is 0 Å². The zero-order valence-corrected chi connectivity index (χ0v) is 10.6. The van der Waals surface area contributed by atoms with Crippen LogP contribution in [0.1, 0.15) is 47.0 Å². The normalized spacial score (nSPS) is 12.8. The number of carbonyl (C=O) groups is 1. The van der Waals surface area contributed by atoms with E-state index in [1.165, 1.54) is 0 Å². The van der Waals surface area contributed by atoms with E-state index in [4.69, 9.17) is 10.3 Å². The second kappa shape index (κ2) is 7.12. The minimum Gasteiger partial charge on any atom is -0.460 e. The minimum atomic E-state index is -0.420. The number of ether oxygens (including phenoxy) is 1. The van der Waals surface area contributed by atoms with Gasteiger partial charge in [-0.1, -0.05) is 18.5 Å². The third-order valence-electron chi connectivity index (χ3n) is 2.02. The Morgan fingerprint density at radius 2 is 2.06 bits per heavy atom. The van der Waals surface area contributed by atoms with Gasteiger partial charge in [0.1, 0.15) is 5.60 Å². The van der Waals surface area contributed by atoms with Crippen molar-refractivity contribution in [1.82, 2.24) is 0 Å². The van der Waals surface area contributed by atoms with Gasteiger partial charge in [0.05, 0.1) is 5.92 Å². The maximum atomic E-state index is 11.6. The Morgan fingerprint density at radius 1 is 1.44 bits per heavy atom. The zero-order chi connectivity index (χ0) is 12.6. The van der Waals surface area contributed by atoms with Crippen LogP contribution >= 0.6 is 0 Å². The van der Waals surface area contributed by atoms with Crippen LogP contribution in [-0.4, -0.2) is 18.1 Å². The molecular weight excluding hydrogens is 206 g/mol. The maximum absolute atomic E-state index is 11.6. The second-order valence-electron chi connectivity index (χ2n) is 4.88. The van der Waals surface area contributed by atoms with E-state index in [2.05, 4.69) is 10.0 Å². The standard InChI is InChI=1S/C11H21N3O2/c1-9(7-5-6-8-13-14-12)10(15)16-11(2,3)4/h9H,5-8H2,1-4H3/t9-/m1/s1. The van der Waals surface area contributed by atoms with Crippen LogP contribution in [0.3, 0.4) is 0 Å². The van der Waals surface area contributed by atoms with Gasteiger partial charge in [0.25, 0.3) is 0 Å². The summed E-state index contributed by atoms with van der Waals surface area (Å²) in [6.07, 6.45) is 2.46. The van der Waals surface area contributed by atoms with Crippen molar-refractivity contribution in [3.8, 4) is 0 Å². The average Bonchev–Trinajstić information content (AvgIpc) is 2.14. The summed E-state index contributed by atoms with van der Waals surface area (Å²) >= 11 is 0. The zero-order valence-electron chi connectivity index (χ0n) is 10.6. The lowest BCUT2D eigenvalue weighted by molar-refractivity contribution is -0.159. The van der Waals surface area contributed by atoms with Crippen LogP contribution < -0.4 is 0 Å². The molecule has 0 spiro atoms. The van der Waals surface area contributed by atoms with Gasteiger partial charge in [-0.2, -0.15) is 0 Å². The molecule has 0 aromatic carbocycles. The molecule has 0 amide bonds. The van der Waals surface area contributed by atoms with Crippen LogP contribution in [0.25, 0.3) is 10.4 Å². The molecule has 92 valence electrons. The lowest BCUT2D eigenvalue weighted by Gasteiger charge is -2.22. The topological polar surface area (TPSA) is 75.1 Å². The maximum Gasteiger partial charge on any atom is 0.309 e. The average molecular weight is 227 g/mol. The summed E-state index contributed by atoms with van der Waals surface area (Å²) in [7, 11) is 0. The quantitative estimate of drug-likeness (QED) is 0.229. The molecule has 0 aliphatic heterocycles. The van der Waals surface area contributed by atoms with Gasteiger partial charge in [0, 0.05) is 11.5 Å². The highest BCUT2D eigenvalue weighted by atomic mass is 16.6. The fraction of sp³-hybridized carbons (Fsp3) is 0.909. The monoisotopic (exact) mass is 227 g/mol. The highest BCUT2D eigenvalue weighted by Crippen LogP contribution is 2.15. The first-order valence-electron chi connectivity index (χ1n) is 5.60. The molecule has 0 saturated carbocycles. The minimum absolute atomic E-state index is 0.0923. The van der Waals surface area contributed by atoms with Gasteiger partial charge in [0.2, 0.25) is 0 Å². The van der Waals surface area contributed by atoms with E-state index in [9.17, 15) is 4.79 Å². The van der Waals surface area contributed by atoms with Crippen molar-refractivity contribution in [3.63, 3.8) is 0 Å². The summed E-state index contributed by atoms with van der Waals surface area (Å²) in [5, 5.41) is 3.44. The molecule has 0 aliphatic rings. The Hall–Kier alpha value is -1.22. The van der Waals surface area contributed by atoms with E-state index < -0.39 is 5.60 Å². The largest absolute Gasteiger partial charge is 0.460 e. The van der Waals surface area contributed by atoms with Crippen LogP contribution in [0, 0.1) is 5.92 Å². The number of nitrogens with zero attached hydrogens (tertiary/aromatic N) is 3. The van der Waals surface area contributed by atoms with E-state index in [0.29, 0.717) is 6.54 Å². The molecule has 0 N–H and O–H groups in total. The Kier molecular flexibility index (Phi) is 6.58. The third kappa shape index (κ3) is 8.12. The Bertz CT molecular complexity index is 265. The summed E-state index contributed by atoms with van der Waals surface area (Å²) in [6.45, 7) is 7.94. The van der Waals surface area contributed by atoms with Gasteiger partial charge in [-0.25, -0.2) is 0 Å². The molecule has 5 heteroatoms. The molecule has 16 heavy (non-hydrogen) atoms. The highest BCUT2D eigenvalue weighted by molar-refractivity contribution is 5.72. The van der Waals surface area contributed by atoms with Crippen LogP contribution in [0.2, 0.25) is 0 Å². The van der Waals surface area contributed by atoms with Gasteiger partial charge in [-0.15, -0.1) is 0 Å². The fourth-order valence-electron chi connectivity index (χ4n) is 1.20.